The van der Waals surface area contributed by atoms with Crippen LogP contribution in [0.4, 0.5) is 0 Å². The highest BCUT2D eigenvalue weighted by Crippen LogP contribution is 1.83. The zero-order valence-corrected chi connectivity index (χ0v) is 8.16. The van der Waals surface area contributed by atoms with Crippen LogP contribution in [0.3, 0.4) is 0 Å². The summed E-state index contributed by atoms with van der Waals surface area (Å²) < 4.78 is 10.2. The molecule has 0 radical (unpaired) electrons. The van der Waals surface area contributed by atoms with E-state index in [4.69, 9.17) is 21.1 Å². The van der Waals surface area contributed by atoms with E-state index in [1.807, 2.05) is 0 Å². The fourth-order valence-electron chi connectivity index (χ4n) is 0.431. The molecule has 0 bridgehead atoms. The van der Waals surface area contributed by atoms with Crippen LogP contribution in [0.25, 0.3) is 0 Å². The lowest BCUT2D eigenvalue weighted by Gasteiger charge is -2.01. The molecule has 0 aliphatic carbocycles. The van der Waals surface area contributed by atoms with Crippen molar-refractivity contribution in [2.45, 2.75) is 0 Å². The summed E-state index contributed by atoms with van der Waals surface area (Å²) in [6, 6.07) is 0. The summed E-state index contributed by atoms with van der Waals surface area (Å²) >= 11 is 8.61. The standard InChI is InChI=1S/C6H12BrClO2/c7-1-3-9-5-6-10-4-2-8/h1-6H2. The molecule has 10 heavy (non-hydrogen) atoms. The second kappa shape index (κ2) is 9.69. The Balaban J connectivity index is 2.65. The van der Waals surface area contributed by atoms with Crippen molar-refractivity contribution in [1.82, 2.24) is 0 Å². The molecule has 0 spiro atoms. The Labute approximate surface area is 75.0 Å². The molecule has 0 atom stereocenters. The Morgan fingerprint density at radius 1 is 1.00 bits per heavy atom. The zero-order chi connectivity index (χ0) is 7.66. The van der Waals surface area contributed by atoms with E-state index in [1.54, 1.807) is 0 Å². The van der Waals surface area contributed by atoms with Gasteiger partial charge in [-0.15, -0.1) is 11.6 Å². The van der Waals surface area contributed by atoms with Crippen LogP contribution in [-0.4, -0.2) is 37.6 Å². The molecule has 0 fully saturated rings. The van der Waals surface area contributed by atoms with Gasteiger partial charge in [-0.25, -0.2) is 0 Å². The first kappa shape index (κ1) is 10.7. The quantitative estimate of drug-likeness (QED) is 0.490. The Morgan fingerprint density at radius 3 is 2.10 bits per heavy atom. The minimum Gasteiger partial charge on any atom is -0.378 e. The molecule has 0 aromatic carbocycles. The van der Waals surface area contributed by atoms with Crippen LogP contribution in [-0.2, 0) is 9.47 Å². The minimum atomic E-state index is 0.554. The molecule has 62 valence electrons. The molecule has 0 aromatic heterocycles. The fourth-order valence-corrected chi connectivity index (χ4v) is 0.769. The van der Waals surface area contributed by atoms with E-state index in [-0.39, 0.29) is 0 Å². The van der Waals surface area contributed by atoms with Gasteiger partial charge in [-0.1, -0.05) is 15.9 Å². The number of alkyl halides is 2. The summed E-state index contributed by atoms with van der Waals surface area (Å²) in [7, 11) is 0. The monoisotopic (exact) mass is 230 g/mol. The molecule has 0 amide bonds. The average Bonchev–Trinajstić information content (AvgIpc) is 1.97. The van der Waals surface area contributed by atoms with Crippen molar-refractivity contribution in [1.29, 1.82) is 0 Å². The Morgan fingerprint density at radius 2 is 1.60 bits per heavy atom. The van der Waals surface area contributed by atoms with Crippen LogP contribution in [0.15, 0.2) is 0 Å². The SMILES string of the molecule is ClCCOCCOCCBr. The van der Waals surface area contributed by atoms with Gasteiger partial charge < -0.3 is 9.47 Å². The molecule has 0 rings (SSSR count). The maximum Gasteiger partial charge on any atom is 0.0701 e. The molecule has 0 saturated heterocycles. The molecule has 4 heteroatoms. The van der Waals surface area contributed by atoms with Crippen LogP contribution >= 0.6 is 27.5 Å². The minimum absolute atomic E-state index is 0.554. The summed E-state index contributed by atoms with van der Waals surface area (Å²) in [5, 5.41) is 0.877. The van der Waals surface area contributed by atoms with Gasteiger partial charge in [-0.3, -0.25) is 0 Å². The maximum absolute atomic E-state index is 5.37. The first-order valence-electron chi connectivity index (χ1n) is 3.19. The third kappa shape index (κ3) is 8.69. The fraction of sp³-hybridized carbons (Fsp3) is 1.00. The van der Waals surface area contributed by atoms with Gasteiger partial charge in [0.25, 0.3) is 0 Å². The average molecular weight is 232 g/mol. The first-order chi connectivity index (χ1) is 4.91. The van der Waals surface area contributed by atoms with E-state index in [9.17, 15) is 0 Å². The van der Waals surface area contributed by atoms with Gasteiger partial charge in [0, 0.05) is 11.2 Å². The number of hydrogen-bond acceptors (Lipinski definition) is 2. The number of ether oxygens (including phenoxy) is 2. The van der Waals surface area contributed by atoms with Crippen molar-refractivity contribution in [3.05, 3.63) is 0 Å². The molecule has 0 N–H and O–H groups in total. The Hall–Kier alpha value is 0.690. The van der Waals surface area contributed by atoms with E-state index >= 15 is 0 Å². The maximum atomic E-state index is 5.37. The van der Waals surface area contributed by atoms with Crippen molar-refractivity contribution < 1.29 is 9.47 Å². The lowest BCUT2D eigenvalue weighted by Crippen LogP contribution is -2.06. The topological polar surface area (TPSA) is 18.5 Å². The van der Waals surface area contributed by atoms with Gasteiger partial charge in [0.1, 0.15) is 0 Å². The lowest BCUT2D eigenvalue weighted by atomic mass is 10.7. The smallest absolute Gasteiger partial charge is 0.0701 e. The molecule has 0 aliphatic heterocycles. The van der Waals surface area contributed by atoms with Gasteiger partial charge in [0.2, 0.25) is 0 Å². The van der Waals surface area contributed by atoms with Crippen LogP contribution < -0.4 is 0 Å². The van der Waals surface area contributed by atoms with Crippen LogP contribution in [0.2, 0.25) is 0 Å². The molecule has 0 aliphatic rings. The highest BCUT2D eigenvalue weighted by Gasteiger charge is 1.86. The van der Waals surface area contributed by atoms with Gasteiger partial charge in [-0.05, 0) is 0 Å². The predicted octanol–water partition coefficient (Wildman–Crippen LogP) is 1.65. The van der Waals surface area contributed by atoms with E-state index < -0.39 is 0 Å². The highest BCUT2D eigenvalue weighted by atomic mass is 79.9. The Bertz CT molecular complexity index is 55.7. The highest BCUT2D eigenvalue weighted by molar-refractivity contribution is 9.09. The summed E-state index contributed by atoms with van der Waals surface area (Å²) in [5.74, 6) is 0.554. The second-order valence-electron chi connectivity index (χ2n) is 1.60. The number of hydrogen-bond donors (Lipinski definition) is 0. The van der Waals surface area contributed by atoms with Crippen LogP contribution in [0.5, 0.6) is 0 Å². The van der Waals surface area contributed by atoms with Gasteiger partial charge in [-0.2, -0.15) is 0 Å². The number of halogens is 2. The van der Waals surface area contributed by atoms with Crippen molar-refractivity contribution >= 4 is 27.5 Å². The number of rotatable bonds is 7. The van der Waals surface area contributed by atoms with Gasteiger partial charge >= 0.3 is 0 Å². The Kier molecular flexibility index (Phi) is 10.4. The van der Waals surface area contributed by atoms with E-state index in [0.29, 0.717) is 25.7 Å². The van der Waals surface area contributed by atoms with Crippen molar-refractivity contribution in [3.63, 3.8) is 0 Å². The molecule has 0 saturated carbocycles. The summed E-state index contributed by atoms with van der Waals surface area (Å²) in [6.07, 6.45) is 0. The van der Waals surface area contributed by atoms with Crippen LogP contribution in [0, 0.1) is 0 Å². The molecule has 2 nitrogen and oxygen atoms in total. The van der Waals surface area contributed by atoms with Crippen molar-refractivity contribution in [3.8, 4) is 0 Å². The zero-order valence-electron chi connectivity index (χ0n) is 5.82. The van der Waals surface area contributed by atoms with Crippen molar-refractivity contribution in [2.24, 2.45) is 0 Å². The molecular weight excluding hydrogens is 219 g/mol. The van der Waals surface area contributed by atoms with Crippen LogP contribution in [0.1, 0.15) is 0 Å². The lowest BCUT2D eigenvalue weighted by molar-refractivity contribution is 0.0604. The first-order valence-corrected chi connectivity index (χ1v) is 4.85. The van der Waals surface area contributed by atoms with Gasteiger partial charge in [0.15, 0.2) is 0 Å². The van der Waals surface area contributed by atoms with E-state index in [0.717, 1.165) is 11.9 Å². The van der Waals surface area contributed by atoms with E-state index in [1.165, 1.54) is 0 Å². The molecule has 0 aromatic rings. The summed E-state index contributed by atoms with van der Waals surface area (Å²) in [6.45, 7) is 2.64. The molecule has 0 unspecified atom stereocenters. The molecule has 0 heterocycles. The largest absolute Gasteiger partial charge is 0.378 e. The summed E-state index contributed by atoms with van der Waals surface area (Å²) in [5.41, 5.74) is 0. The van der Waals surface area contributed by atoms with Gasteiger partial charge in [0.05, 0.1) is 26.4 Å². The summed E-state index contributed by atoms with van der Waals surface area (Å²) in [4.78, 5) is 0. The molecular formula is C6H12BrClO2. The third-order valence-corrected chi connectivity index (χ3v) is 1.29. The predicted molar refractivity (Wildman–Crippen MR) is 46.2 cm³/mol. The second-order valence-corrected chi connectivity index (χ2v) is 2.77. The third-order valence-electron chi connectivity index (χ3n) is 0.815. The normalized spacial score (nSPS) is 10.2. The van der Waals surface area contributed by atoms with E-state index in [2.05, 4.69) is 15.9 Å². The van der Waals surface area contributed by atoms with Crippen molar-refractivity contribution in [2.75, 3.05) is 37.6 Å².